The molecule has 0 aliphatic heterocycles. The van der Waals surface area contributed by atoms with Crippen LogP contribution in [0.3, 0.4) is 0 Å². The molecular formula is C12H14N2O2S. The number of aliphatic hydroxyl groups excluding tert-OH is 1. The van der Waals surface area contributed by atoms with E-state index in [1.807, 2.05) is 22.8 Å². The number of imidazole rings is 1. The number of rotatable bonds is 6. The van der Waals surface area contributed by atoms with Crippen molar-refractivity contribution in [3.8, 4) is 0 Å². The van der Waals surface area contributed by atoms with Crippen LogP contribution in [0.5, 0.6) is 0 Å². The van der Waals surface area contributed by atoms with E-state index in [1.165, 1.54) is 0 Å². The van der Waals surface area contributed by atoms with Crippen molar-refractivity contribution in [1.29, 1.82) is 0 Å². The van der Waals surface area contributed by atoms with Crippen molar-refractivity contribution < 1.29 is 9.52 Å². The van der Waals surface area contributed by atoms with Gasteiger partial charge in [0.15, 0.2) is 5.16 Å². The van der Waals surface area contributed by atoms with Crippen molar-refractivity contribution in [3.05, 3.63) is 48.7 Å². The summed E-state index contributed by atoms with van der Waals surface area (Å²) in [6, 6.07) is 3.75. The summed E-state index contributed by atoms with van der Waals surface area (Å²) in [6.07, 6.45) is 5.16. The summed E-state index contributed by atoms with van der Waals surface area (Å²) in [5, 5.41) is 10.1. The lowest BCUT2D eigenvalue weighted by molar-refractivity contribution is 0.269. The minimum atomic E-state index is -0.0254. The molecule has 0 atom stereocenters. The number of furan rings is 1. The Morgan fingerprint density at radius 1 is 1.59 bits per heavy atom. The number of nitrogens with zero attached hydrogens (tertiary/aromatic N) is 2. The average Bonchev–Trinajstić information content (AvgIpc) is 2.97. The van der Waals surface area contributed by atoms with Crippen LogP contribution in [0, 0.1) is 0 Å². The van der Waals surface area contributed by atoms with Crippen LogP contribution in [0.25, 0.3) is 0 Å². The summed E-state index contributed by atoms with van der Waals surface area (Å²) in [5.41, 5.74) is 0.785. The highest BCUT2D eigenvalue weighted by atomic mass is 32.2. The van der Waals surface area contributed by atoms with Gasteiger partial charge in [-0.05, 0) is 12.1 Å². The van der Waals surface area contributed by atoms with Crippen LogP contribution >= 0.6 is 11.8 Å². The van der Waals surface area contributed by atoms with Crippen LogP contribution in [-0.4, -0.2) is 20.4 Å². The van der Waals surface area contributed by atoms with Gasteiger partial charge in [-0.15, -0.1) is 6.58 Å². The molecule has 17 heavy (non-hydrogen) atoms. The Balaban J connectivity index is 2.22. The third-order valence-corrected chi connectivity index (χ3v) is 3.27. The molecule has 0 saturated heterocycles. The Labute approximate surface area is 104 Å². The molecule has 0 radical (unpaired) electrons. The molecular weight excluding hydrogens is 236 g/mol. The first-order chi connectivity index (χ1) is 8.35. The van der Waals surface area contributed by atoms with Gasteiger partial charge in [0.2, 0.25) is 0 Å². The van der Waals surface area contributed by atoms with Crippen molar-refractivity contribution >= 4 is 11.8 Å². The largest absolute Gasteiger partial charge is 0.467 e. The van der Waals surface area contributed by atoms with E-state index in [0.29, 0.717) is 6.54 Å². The molecule has 4 nitrogen and oxygen atoms in total. The van der Waals surface area contributed by atoms with Crippen molar-refractivity contribution in [2.45, 2.75) is 18.3 Å². The van der Waals surface area contributed by atoms with Crippen molar-refractivity contribution in [2.24, 2.45) is 0 Å². The SMILES string of the molecule is C=CCSc1ncc(CO)n1Cc1ccco1. The molecule has 90 valence electrons. The molecule has 1 N–H and O–H groups in total. The zero-order chi connectivity index (χ0) is 12.1. The maximum Gasteiger partial charge on any atom is 0.168 e. The molecule has 0 bridgehead atoms. The molecule has 0 fully saturated rings. The topological polar surface area (TPSA) is 51.2 Å². The third-order valence-electron chi connectivity index (χ3n) is 2.29. The second-order valence-corrected chi connectivity index (χ2v) is 4.44. The molecule has 2 aromatic rings. The third kappa shape index (κ3) is 2.81. The van der Waals surface area contributed by atoms with Crippen LogP contribution in [0.15, 0.2) is 46.8 Å². The van der Waals surface area contributed by atoms with E-state index in [-0.39, 0.29) is 6.61 Å². The first-order valence-corrected chi connectivity index (χ1v) is 6.25. The lowest BCUT2D eigenvalue weighted by atomic mass is 10.4. The van der Waals surface area contributed by atoms with Crippen LogP contribution in [0.2, 0.25) is 0 Å². The number of aromatic nitrogens is 2. The molecule has 0 saturated carbocycles. The van der Waals surface area contributed by atoms with Gasteiger partial charge >= 0.3 is 0 Å². The van der Waals surface area contributed by atoms with Gasteiger partial charge < -0.3 is 14.1 Å². The summed E-state index contributed by atoms with van der Waals surface area (Å²) < 4.78 is 7.26. The molecule has 2 aromatic heterocycles. The van der Waals surface area contributed by atoms with E-state index < -0.39 is 0 Å². The van der Waals surface area contributed by atoms with Gasteiger partial charge in [-0.2, -0.15) is 0 Å². The quantitative estimate of drug-likeness (QED) is 0.631. The lowest BCUT2D eigenvalue weighted by Gasteiger charge is -2.08. The number of thioether (sulfide) groups is 1. The fourth-order valence-electron chi connectivity index (χ4n) is 1.49. The Hall–Kier alpha value is -1.46. The van der Waals surface area contributed by atoms with Gasteiger partial charge in [-0.25, -0.2) is 4.98 Å². The zero-order valence-electron chi connectivity index (χ0n) is 9.37. The Morgan fingerprint density at radius 3 is 3.12 bits per heavy atom. The molecule has 0 aliphatic rings. The molecule has 0 amide bonds. The smallest absolute Gasteiger partial charge is 0.168 e. The van der Waals surface area contributed by atoms with Gasteiger partial charge in [0.1, 0.15) is 5.76 Å². The predicted molar refractivity (Wildman–Crippen MR) is 66.9 cm³/mol. The standard InChI is InChI=1S/C12H14N2O2S/c1-2-6-17-12-13-7-10(9-15)14(12)8-11-4-3-5-16-11/h2-5,7,15H,1,6,8-9H2. The Kier molecular flexibility index (Phi) is 4.06. The zero-order valence-corrected chi connectivity index (χ0v) is 10.2. The average molecular weight is 250 g/mol. The minimum Gasteiger partial charge on any atom is -0.467 e. The van der Waals surface area contributed by atoms with E-state index >= 15 is 0 Å². The molecule has 2 rings (SSSR count). The van der Waals surface area contributed by atoms with Gasteiger partial charge in [0, 0.05) is 5.75 Å². The van der Waals surface area contributed by atoms with E-state index in [1.54, 1.807) is 24.2 Å². The Bertz CT molecular complexity index is 477. The molecule has 5 heteroatoms. The van der Waals surface area contributed by atoms with E-state index in [0.717, 1.165) is 22.4 Å². The van der Waals surface area contributed by atoms with Crippen LogP contribution in [-0.2, 0) is 13.2 Å². The minimum absolute atomic E-state index is 0.0254. The number of aliphatic hydroxyl groups is 1. The summed E-state index contributed by atoms with van der Waals surface area (Å²) >= 11 is 1.59. The summed E-state index contributed by atoms with van der Waals surface area (Å²) in [7, 11) is 0. The highest BCUT2D eigenvalue weighted by molar-refractivity contribution is 7.99. The molecule has 0 aliphatic carbocycles. The van der Waals surface area contributed by atoms with Gasteiger partial charge in [-0.1, -0.05) is 17.8 Å². The monoisotopic (exact) mass is 250 g/mol. The molecule has 2 heterocycles. The normalized spacial score (nSPS) is 10.6. The fraction of sp³-hybridized carbons (Fsp3) is 0.250. The van der Waals surface area contributed by atoms with Crippen molar-refractivity contribution in [3.63, 3.8) is 0 Å². The molecule has 0 spiro atoms. The van der Waals surface area contributed by atoms with Crippen molar-refractivity contribution in [1.82, 2.24) is 9.55 Å². The van der Waals surface area contributed by atoms with Crippen LogP contribution in [0.4, 0.5) is 0 Å². The predicted octanol–water partition coefficient (Wildman–Crippen LogP) is 2.29. The summed E-state index contributed by atoms with van der Waals surface area (Å²) in [4.78, 5) is 4.28. The second-order valence-electron chi connectivity index (χ2n) is 3.46. The van der Waals surface area contributed by atoms with E-state index in [2.05, 4.69) is 11.6 Å². The number of hydrogen-bond acceptors (Lipinski definition) is 4. The fourth-order valence-corrected chi connectivity index (χ4v) is 2.23. The Morgan fingerprint density at radius 2 is 2.47 bits per heavy atom. The van der Waals surface area contributed by atoms with Crippen LogP contribution < -0.4 is 0 Å². The van der Waals surface area contributed by atoms with Crippen LogP contribution in [0.1, 0.15) is 11.5 Å². The second kappa shape index (κ2) is 5.75. The number of hydrogen-bond donors (Lipinski definition) is 1. The van der Waals surface area contributed by atoms with Gasteiger partial charge in [0.25, 0.3) is 0 Å². The molecule has 0 unspecified atom stereocenters. The molecule has 0 aromatic carbocycles. The maximum atomic E-state index is 9.26. The van der Waals surface area contributed by atoms with Gasteiger partial charge in [-0.3, -0.25) is 0 Å². The summed E-state index contributed by atoms with van der Waals surface area (Å²) in [6.45, 7) is 4.24. The highest BCUT2D eigenvalue weighted by Crippen LogP contribution is 2.20. The van der Waals surface area contributed by atoms with Gasteiger partial charge in [0.05, 0.1) is 31.3 Å². The summed E-state index contributed by atoms with van der Waals surface area (Å²) in [5.74, 6) is 1.64. The first-order valence-electron chi connectivity index (χ1n) is 5.26. The van der Waals surface area contributed by atoms with E-state index in [9.17, 15) is 5.11 Å². The highest BCUT2D eigenvalue weighted by Gasteiger charge is 2.10. The lowest BCUT2D eigenvalue weighted by Crippen LogP contribution is -2.05. The maximum absolute atomic E-state index is 9.26. The first kappa shape index (κ1) is 12.0. The van der Waals surface area contributed by atoms with E-state index in [4.69, 9.17) is 4.42 Å². The van der Waals surface area contributed by atoms with Crippen molar-refractivity contribution in [2.75, 3.05) is 5.75 Å².